The predicted octanol–water partition coefficient (Wildman–Crippen LogP) is 0.242. The maximum absolute atomic E-state index is 12.5. The molecule has 1 aromatic rings. The summed E-state index contributed by atoms with van der Waals surface area (Å²) in [7, 11) is -1.43. The number of anilines is 1. The van der Waals surface area contributed by atoms with Crippen molar-refractivity contribution in [2.24, 2.45) is 0 Å². The molecule has 0 aliphatic carbocycles. The van der Waals surface area contributed by atoms with Crippen molar-refractivity contribution in [2.45, 2.75) is 19.8 Å². The summed E-state index contributed by atoms with van der Waals surface area (Å²) in [5.74, 6) is 0.140. The summed E-state index contributed by atoms with van der Waals surface area (Å²) in [4.78, 5) is 27.6. The molecule has 2 aliphatic heterocycles. The fourth-order valence-corrected chi connectivity index (χ4v) is 4.40. The van der Waals surface area contributed by atoms with Crippen LogP contribution in [-0.2, 0) is 32.5 Å². The highest BCUT2D eigenvalue weighted by Gasteiger charge is 2.28. The molecule has 2 amide bonds. The van der Waals surface area contributed by atoms with E-state index >= 15 is 0 Å². The minimum absolute atomic E-state index is 0.00817. The lowest BCUT2D eigenvalue weighted by molar-refractivity contribution is -0.131. The average Bonchev–Trinajstić information content (AvgIpc) is 2.88. The van der Waals surface area contributed by atoms with Gasteiger partial charge in [0.2, 0.25) is 21.8 Å². The van der Waals surface area contributed by atoms with Crippen LogP contribution >= 0.6 is 0 Å². The molecule has 0 bridgehead atoms. The van der Waals surface area contributed by atoms with E-state index in [0.717, 1.165) is 16.8 Å². The summed E-state index contributed by atoms with van der Waals surface area (Å²) in [5.41, 5.74) is 2.74. The number of sulfonamides is 1. The van der Waals surface area contributed by atoms with Gasteiger partial charge < -0.3 is 9.80 Å². The number of carbonyl (C=O) groups excluding carboxylic acids is 2. The first-order valence-corrected chi connectivity index (χ1v) is 10.1. The summed E-state index contributed by atoms with van der Waals surface area (Å²) >= 11 is 0. The van der Waals surface area contributed by atoms with Crippen LogP contribution in [0, 0.1) is 0 Å². The Morgan fingerprint density at radius 2 is 1.84 bits per heavy atom. The Bertz CT molecular complexity index is 798. The largest absolute Gasteiger partial charge is 0.340 e. The van der Waals surface area contributed by atoms with Crippen LogP contribution in [-0.4, -0.2) is 68.4 Å². The molecule has 0 aromatic heterocycles. The number of fused-ring (bicyclic) bond motifs is 1. The molecule has 2 heterocycles. The van der Waals surface area contributed by atoms with Crippen LogP contribution in [0.25, 0.3) is 0 Å². The minimum Gasteiger partial charge on any atom is -0.340 e. The molecule has 1 saturated heterocycles. The molecule has 2 aliphatic rings. The number of benzene rings is 1. The number of nitrogens with zero attached hydrogens (tertiary/aromatic N) is 3. The van der Waals surface area contributed by atoms with Crippen LogP contribution in [0.15, 0.2) is 18.2 Å². The van der Waals surface area contributed by atoms with E-state index < -0.39 is 10.0 Å². The number of piperazine rings is 1. The third-order valence-corrected chi connectivity index (χ3v) is 6.81. The zero-order chi connectivity index (χ0) is 18.2. The van der Waals surface area contributed by atoms with E-state index in [2.05, 4.69) is 0 Å². The van der Waals surface area contributed by atoms with E-state index in [0.29, 0.717) is 32.6 Å². The molecule has 7 nitrogen and oxygen atoms in total. The second kappa shape index (κ2) is 6.76. The Kier molecular flexibility index (Phi) is 4.83. The Labute approximate surface area is 148 Å². The quantitative estimate of drug-likeness (QED) is 0.766. The Balaban J connectivity index is 1.61. The third kappa shape index (κ3) is 3.55. The van der Waals surface area contributed by atoms with Crippen LogP contribution < -0.4 is 4.90 Å². The lowest BCUT2D eigenvalue weighted by Crippen LogP contribution is -2.51. The summed E-state index contributed by atoms with van der Waals surface area (Å²) in [6.45, 7) is 3.17. The maximum Gasteiger partial charge on any atom is 0.231 e. The number of hydrogen-bond donors (Lipinski definition) is 0. The normalized spacial score (nSPS) is 18.6. The van der Waals surface area contributed by atoms with Crippen molar-refractivity contribution in [3.8, 4) is 0 Å². The van der Waals surface area contributed by atoms with Crippen molar-refractivity contribution in [1.82, 2.24) is 9.21 Å². The molecular weight excluding hydrogens is 342 g/mol. The fourth-order valence-electron chi connectivity index (χ4n) is 3.32. The van der Waals surface area contributed by atoms with Gasteiger partial charge in [-0.2, -0.15) is 4.31 Å². The summed E-state index contributed by atoms with van der Waals surface area (Å²) in [5, 5.41) is 0. The van der Waals surface area contributed by atoms with Crippen LogP contribution in [0.2, 0.25) is 0 Å². The molecule has 25 heavy (non-hydrogen) atoms. The van der Waals surface area contributed by atoms with Gasteiger partial charge in [-0.05, 0) is 24.1 Å². The van der Waals surface area contributed by atoms with E-state index in [-0.39, 0.29) is 24.0 Å². The van der Waals surface area contributed by atoms with E-state index in [1.165, 1.54) is 4.31 Å². The van der Waals surface area contributed by atoms with E-state index in [1.54, 1.807) is 23.8 Å². The molecule has 0 saturated carbocycles. The average molecular weight is 365 g/mol. The molecule has 0 radical (unpaired) electrons. The van der Waals surface area contributed by atoms with Gasteiger partial charge in [0.1, 0.15) is 0 Å². The second-order valence-electron chi connectivity index (χ2n) is 6.45. The second-order valence-corrected chi connectivity index (χ2v) is 8.71. The highest BCUT2D eigenvalue weighted by molar-refractivity contribution is 7.89. The lowest BCUT2D eigenvalue weighted by atomic mass is 10.1. The highest BCUT2D eigenvalue weighted by atomic mass is 32.2. The van der Waals surface area contributed by atoms with Gasteiger partial charge in [0.05, 0.1) is 18.6 Å². The molecule has 8 heteroatoms. The van der Waals surface area contributed by atoms with Gasteiger partial charge in [-0.3, -0.25) is 9.59 Å². The molecule has 1 aromatic carbocycles. The van der Waals surface area contributed by atoms with Gasteiger partial charge in [-0.1, -0.05) is 12.1 Å². The van der Waals surface area contributed by atoms with Crippen molar-refractivity contribution in [1.29, 1.82) is 0 Å². The summed E-state index contributed by atoms with van der Waals surface area (Å²) in [6, 6.07) is 5.69. The molecule has 0 unspecified atom stereocenters. The van der Waals surface area contributed by atoms with E-state index in [1.807, 2.05) is 18.2 Å². The van der Waals surface area contributed by atoms with Crippen LogP contribution in [0.4, 0.5) is 5.69 Å². The standard InChI is InChI=1S/C17H23N3O4S/c1-3-25(23,24)20-8-6-19(7-9-20)17(22)11-13-4-5-15-14(10-13)12-16(21)18(15)2/h4-5,10H,3,6-9,11-12H2,1-2H3. The zero-order valence-electron chi connectivity index (χ0n) is 14.6. The first-order valence-electron chi connectivity index (χ1n) is 8.46. The van der Waals surface area contributed by atoms with Gasteiger partial charge in [0, 0.05) is 38.9 Å². The number of amides is 2. The molecule has 136 valence electrons. The van der Waals surface area contributed by atoms with E-state index in [4.69, 9.17) is 0 Å². The number of hydrogen-bond acceptors (Lipinski definition) is 4. The molecule has 0 atom stereocenters. The predicted molar refractivity (Wildman–Crippen MR) is 94.9 cm³/mol. The number of rotatable bonds is 4. The van der Waals surface area contributed by atoms with Gasteiger partial charge in [-0.15, -0.1) is 0 Å². The van der Waals surface area contributed by atoms with Crippen LogP contribution in [0.3, 0.4) is 0 Å². The maximum atomic E-state index is 12.5. The fraction of sp³-hybridized carbons (Fsp3) is 0.529. The number of likely N-dealkylation sites (N-methyl/N-ethyl adjacent to an activating group) is 1. The monoisotopic (exact) mass is 365 g/mol. The van der Waals surface area contributed by atoms with Gasteiger partial charge in [0.15, 0.2) is 0 Å². The SMILES string of the molecule is CCS(=O)(=O)N1CCN(C(=O)Cc2ccc3c(c2)CC(=O)N3C)CC1. The first-order chi connectivity index (χ1) is 11.8. The van der Waals surface area contributed by atoms with Crippen LogP contribution in [0.1, 0.15) is 18.1 Å². The van der Waals surface area contributed by atoms with Gasteiger partial charge in [-0.25, -0.2) is 8.42 Å². The van der Waals surface area contributed by atoms with Gasteiger partial charge in [0.25, 0.3) is 0 Å². The Morgan fingerprint density at radius 1 is 1.16 bits per heavy atom. The Morgan fingerprint density at radius 3 is 2.48 bits per heavy atom. The Hall–Kier alpha value is -1.93. The van der Waals surface area contributed by atoms with Crippen molar-refractivity contribution < 1.29 is 18.0 Å². The molecule has 1 fully saturated rings. The van der Waals surface area contributed by atoms with Crippen molar-refractivity contribution in [2.75, 3.05) is 43.9 Å². The van der Waals surface area contributed by atoms with Gasteiger partial charge >= 0.3 is 0 Å². The summed E-state index contributed by atoms with van der Waals surface area (Å²) < 4.78 is 25.2. The lowest BCUT2D eigenvalue weighted by Gasteiger charge is -2.34. The highest BCUT2D eigenvalue weighted by Crippen LogP contribution is 2.28. The number of carbonyl (C=O) groups is 2. The smallest absolute Gasteiger partial charge is 0.231 e. The molecule has 0 N–H and O–H groups in total. The minimum atomic E-state index is -3.19. The van der Waals surface area contributed by atoms with Crippen molar-refractivity contribution >= 4 is 27.5 Å². The zero-order valence-corrected chi connectivity index (χ0v) is 15.4. The van der Waals surface area contributed by atoms with E-state index in [9.17, 15) is 18.0 Å². The molecule has 0 spiro atoms. The molecule has 3 rings (SSSR count). The topological polar surface area (TPSA) is 78.0 Å². The third-order valence-electron chi connectivity index (χ3n) is 4.93. The van der Waals surface area contributed by atoms with Crippen molar-refractivity contribution in [3.05, 3.63) is 29.3 Å². The first kappa shape index (κ1) is 17.9. The molecular formula is C17H23N3O4S. The summed E-state index contributed by atoms with van der Waals surface area (Å²) in [6.07, 6.45) is 0.646. The van der Waals surface area contributed by atoms with Crippen molar-refractivity contribution in [3.63, 3.8) is 0 Å². The van der Waals surface area contributed by atoms with Crippen LogP contribution in [0.5, 0.6) is 0 Å².